The van der Waals surface area contributed by atoms with E-state index in [9.17, 15) is 8.42 Å². The summed E-state index contributed by atoms with van der Waals surface area (Å²) in [6.45, 7) is 6.88. The van der Waals surface area contributed by atoms with Gasteiger partial charge in [0.2, 0.25) is 0 Å². The van der Waals surface area contributed by atoms with Gasteiger partial charge >= 0.3 is 0 Å². The molecule has 1 saturated heterocycles. The van der Waals surface area contributed by atoms with Crippen LogP contribution in [0.15, 0.2) is 20.1 Å². The van der Waals surface area contributed by atoms with Crippen molar-refractivity contribution in [1.29, 1.82) is 0 Å². The van der Waals surface area contributed by atoms with Crippen molar-refractivity contribution < 1.29 is 8.42 Å². The Hall–Kier alpha value is 0.0900. The molecule has 0 N–H and O–H groups in total. The summed E-state index contributed by atoms with van der Waals surface area (Å²) >= 11 is 4.60. The molecule has 0 radical (unpaired) electrons. The molecular weight excluding hydrogens is 334 g/mol. The highest BCUT2D eigenvalue weighted by molar-refractivity contribution is 9.10. The molecule has 0 aliphatic carbocycles. The third-order valence-electron chi connectivity index (χ3n) is 3.67. The molecule has 6 heteroatoms. The SMILES string of the molecule is CC1CC(C)C(C)N(S(=O)(=O)c2sccc2Br)C1. The lowest BCUT2D eigenvalue weighted by Gasteiger charge is -2.39. The van der Waals surface area contributed by atoms with Crippen molar-refractivity contribution >= 4 is 37.3 Å². The van der Waals surface area contributed by atoms with Crippen LogP contribution in [0.5, 0.6) is 0 Å². The van der Waals surface area contributed by atoms with Crippen LogP contribution in [0.1, 0.15) is 27.2 Å². The third-order valence-corrected chi connectivity index (χ3v) is 8.27. The fraction of sp³-hybridized carbons (Fsp3) is 0.667. The molecule has 0 amide bonds. The zero-order chi connectivity index (χ0) is 13.5. The fourth-order valence-electron chi connectivity index (χ4n) is 2.55. The molecule has 2 rings (SSSR count). The Kier molecular flexibility index (Phi) is 4.21. The number of thiophene rings is 1. The highest BCUT2D eigenvalue weighted by atomic mass is 79.9. The van der Waals surface area contributed by atoms with E-state index in [4.69, 9.17) is 0 Å². The Labute approximate surface area is 121 Å². The normalized spacial score (nSPS) is 30.6. The van der Waals surface area contributed by atoms with E-state index >= 15 is 0 Å². The Balaban J connectivity index is 2.38. The molecule has 1 fully saturated rings. The van der Waals surface area contributed by atoms with Gasteiger partial charge in [0.1, 0.15) is 4.21 Å². The summed E-state index contributed by atoms with van der Waals surface area (Å²) in [5, 5.41) is 1.80. The Morgan fingerprint density at radius 1 is 1.39 bits per heavy atom. The van der Waals surface area contributed by atoms with Crippen molar-refractivity contribution in [2.45, 2.75) is 37.4 Å². The highest BCUT2D eigenvalue weighted by Crippen LogP contribution is 2.36. The van der Waals surface area contributed by atoms with E-state index in [2.05, 4.69) is 29.8 Å². The third kappa shape index (κ3) is 2.53. The first kappa shape index (κ1) is 14.5. The molecule has 1 aromatic rings. The van der Waals surface area contributed by atoms with Gasteiger partial charge in [0, 0.05) is 17.1 Å². The first-order valence-electron chi connectivity index (χ1n) is 6.09. The number of hydrogen-bond donors (Lipinski definition) is 0. The number of rotatable bonds is 2. The number of halogens is 1. The molecule has 3 nitrogen and oxygen atoms in total. The summed E-state index contributed by atoms with van der Waals surface area (Å²) in [5.74, 6) is 0.826. The Bertz CT molecular complexity index is 526. The number of piperidine rings is 1. The van der Waals surface area contributed by atoms with Crippen LogP contribution in [0.3, 0.4) is 0 Å². The van der Waals surface area contributed by atoms with Gasteiger partial charge in [0.15, 0.2) is 0 Å². The van der Waals surface area contributed by atoms with Crippen molar-refractivity contribution in [3.8, 4) is 0 Å². The molecule has 0 aromatic carbocycles. The topological polar surface area (TPSA) is 37.4 Å². The molecule has 0 spiro atoms. The van der Waals surface area contributed by atoms with Crippen LogP contribution >= 0.6 is 27.3 Å². The minimum atomic E-state index is -3.36. The highest BCUT2D eigenvalue weighted by Gasteiger charge is 2.38. The lowest BCUT2D eigenvalue weighted by Crippen LogP contribution is -2.48. The monoisotopic (exact) mass is 351 g/mol. The lowest BCUT2D eigenvalue weighted by molar-refractivity contribution is 0.157. The standard InChI is InChI=1S/C12H18BrNO2S2/c1-8-6-9(2)10(3)14(7-8)18(15,16)12-11(13)4-5-17-12/h4-5,8-10H,6-7H2,1-3H3. The van der Waals surface area contributed by atoms with E-state index < -0.39 is 10.0 Å². The first-order chi connectivity index (χ1) is 8.34. The average molecular weight is 352 g/mol. The zero-order valence-electron chi connectivity index (χ0n) is 10.8. The van der Waals surface area contributed by atoms with Crippen LogP contribution in [0.25, 0.3) is 0 Å². The summed E-state index contributed by atoms with van der Waals surface area (Å²) in [7, 11) is -3.36. The largest absolute Gasteiger partial charge is 0.253 e. The van der Waals surface area contributed by atoms with Gasteiger partial charge in [-0.2, -0.15) is 4.31 Å². The fourth-order valence-corrected chi connectivity index (χ4v) is 6.82. The molecule has 3 atom stereocenters. The minimum absolute atomic E-state index is 0.0696. The van der Waals surface area contributed by atoms with Crippen LogP contribution in [0.2, 0.25) is 0 Å². The second-order valence-electron chi connectivity index (χ2n) is 5.19. The van der Waals surface area contributed by atoms with Gasteiger partial charge in [-0.3, -0.25) is 0 Å². The maximum atomic E-state index is 12.7. The lowest BCUT2D eigenvalue weighted by atomic mass is 9.88. The van der Waals surface area contributed by atoms with Gasteiger partial charge in [-0.1, -0.05) is 13.8 Å². The van der Waals surface area contributed by atoms with Gasteiger partial charge < -0.3 is 0 Å². The number of hydrogen-bond acceptors (Lipinski definition) is 3. The zero-order valence-corrected chi connectivity index (χ0v) is 14.0. The predicted octanol–water partition coefficient (Wildman–Crippen LogP) is 3.57. The molecule has 3 unspecified atom stereocenters. The van der Waals surface area contributed by atoms with Crippen LogP contribution in [-0.2, 0) is 10.0 Å². The van der Waals surface area contributed by atoms with E-state index in [1.54, 1.807) is 15.8 Å². The van der Waals surface area contributed by atoms with Crippen molar-refractivity contribution in [2.75, 3.05) is 6.54 Å². The maximum Gasteiger partial charge on any atom is 0.253 e. The number of sulfonamides is 1. The summed E-state index contributed by atoms with van der Waals surface area (Å²) in [6, 6.07) is 1.86. The molecule has 1 aliphatic heterocycles. The maximum absolute atomic E-state index is 12.7. The molecule has 2 heterocycles. The van der Waals surface area contributed by atoms with Gasteiger partial charge in [-0.15, -0.1) is 11.3 Å². The molecule has 1 aromatic heterocycles. The molecule has 102 valence electrons. The van der Waals surface area contributed by atoms with E-state index in [1.807, 2.05) is 6.92 Å². The summed E-state index contributed by atoms with van der Waals surface area (Å²) in [6.07, 6.45) is 1.10. The van der Waals surface area contributed by atoms with E-state index in [0.717, 1.165) is 6.42 Å². The Morgan fingerprint density at radius 3 is 2.61 bits per heavy atom. The molecule has 1 aliphatic rings. The summed E-state index contributed by atoms with van der Waals surface area (Å²) in [4.78, 5) is 0. The quantitative estimate of drug-likeness (QED) is 0.816. The van der Waals surface area contributed by atoms with Crippen molar-refractivity contribution in [2.24, 2.45) is 11.8 Å². The minimum Gasteiger partial charge on any atom is -0.206 e. The average Bonchev–Trinajstić information content (AvgIpc) is 2.70. The van der Waals surface area contributed by atoms with Gasteiger partial charge in [0.25, 0.3) is 10.0 Å². The summed E-state index contributed by atoms with van der Waals surface area (Å²) < 4.78 is 28.1. The first-order valence-corrected chi connectivity index (χ1v) is 9.20. The number of nitrogens with zero attached hydrogens (tertiary/aromatic N) is 1. The van der Waals surface area contributed by atoms with Crippen LogP contribution in [-0.4, -0.2) is 25.3 Å². The van der Waals surface area contributed by atoms with E-state index in [-0.39, 0.29) is 6.04 Å². The molecular formula is C12H18BrNO2S2. The van der Waals surface area contributed by atoms with Crippen LogP contribution in [0.4, 0.5) is 0 Å². The predicted molar refractivity (Wildman–Crippen MR) is 78.3 cm³/mol. The van der Waals surface area contributed by atoms with Gasteiger partial charge in [0.05, 0.1) is 0 Å². The van der Waals surface area contributed by atoms with Gasteiger partial charge in [-0.05, 0) is 52.6 Å². The van der Waals surface area contributed by atoms with E-state index in [1.165, 1.54) is 11.3 Å². The second kappa shape index (κ2) is 5.23. The molecule has 18 heavy (non-hydrogen) atoms. The van der Waals surface area contributed by atoms with Crippen molar-refractivity contribution in [3.63, 3.8) is 0 Å². The van der Waals surface area contributed by atoms with Crippen LogP contribution in [0, 0.1) is 11.8 Å². The summed E-state index contributed by atoms with van der Waals surface area (Å²) in [5.41, 5.74) is 0. The second-order valence-corrected chi connectivity index (χ2v) is 9.05. The Morgan fingerprint density at radius 2 is 2.06 bits per heavy atom. The van der Waals surface area contributed by atoms with E-state index in [0.29, 0.717) is 27.1 Å². The smallest absolute Gasteiger partial charge is 0.206 e. The van der Waals surface area contributed by atoms with Crippen molar-refractivity contribution in [1.82, 2.24) is 4.31 Å². The van der Waals surface area contributed by atoms with Gasteiger partial charge in [-0.25, -0.2) is 8.42 Å². The molecule has 0 bridgehead atoms. The van der Waals surface area contributed by atoms with Crippen molar-refractivity contribution in [3.05, 3.63) is 15.9 Å². The molecule has 0 saturated carbocycles. The van der Waals surface area contributed by atoms with Crippen LogP contribution < -0.4 is 0 Å².